The molecule has 0 aliphatic heterocycles. The van der Waals surface area contributed by atoms with Crippen LogP contribution in [-0.4, -0.2) is 27.2 Å². The molecule has 1 aromatic rings. The molecule has 5 N–H and O–H groups in total. The van der Waals surface area contributed by atoms with Gasteiger partial charge in [0.1, 0.15) is 5.82 Å². The molecule has 7 heteroatoms. The number of nitrogens with zero attached hydrogens (tertiary/aromatic N) is 2. The summed E-state index contributed by atoms with van der Waals surface area (Å²) in [6, 6.07) is 0. The van der Waals surface area contributed by atoms with Crippen LogP contribution in [0, 0.1) is 0 Å². The van der Waals surface area contributed by atoms with Crippen molar-refractivity contribution < 1.29 is 5.11 Å². The lowest BCUT2D eigenvalue weighted by atomic mass is 9.85. The minimum absolute atomic E-state index is 0.344. The van der Waals surface area contributed by atoms with Gasteiger partial charge in [-0.15, -0.1) is 0 Å². The van der Waals surface area contributed by atoms with Crippen molar-refractivity contribution in [2.75, 3.05) is 17.3 Å². The minimum atomic E-state index is -0.626. The van der Waals surface area contributed by atoms with Crippen molar-refractivity contribution in [3.8, 4) is 0 Å². The molecule has 0 amide bonds. The molecule has 1 heterocycles. The van der Waals surface area contributed by atoms with E-state index in [0.29, 0.717) is 18.3 Å². The molecule has 0 bridgehead atoms. The molecule has 1 aliphatic rings. The van der Waals surface area contributed by atoms with Crippen LogP contribution in [0.1, 0.15) is 32.1 Å². The van der Waals surface area contributed by atoms with E-state index in [2.05, 4.69) is 36.6 Å². The van der Waals surface area contributed by atoms with Gasteiger partial charge in [0.15, 0.2) is 0 Å². The molecule has 0 radical (unpaired) electrons. The maximum atomic E-state index is 10.4. The molecule has 1 aromatic heterocycles. The number of hydrogen-bond acceptors (Lipinski definition) is 6. The highest BCUT2D eigenvalue weighted by Gasteiger charge is 2.29. The van der Waals surface area contributed by atoms with Gasteiger partial charge in [-0.3, -0.25) is 5.43 Å². The van der Waals surface area contributed by atoms with Gasteiger partial charge in [0, 0.05) is 12.7 Å². The number of hydrogen-bond donors (Lipinski definition) is 4. The Morgan fingerprint density at radius 1 is 1.39 bits per heavy atom. The van der Waals surface area contributed by atoms with Gasteiger partial charge >= 0.3 is 0 Å². The van der Waals surface area contributed by atoms with E-state index >= 15 is 0 Å². The van der Waals surface area contributed by atoms with Crippen molar-refractivity contribution in [2.24, 2.45) is 5.84 Å². The third-order valence-electron chi connectivity index (χ3n) is 3.24. The Labute approximate surface area is 114 Å². The average molecular weight is 316 g/mol. The van der Waals surface area contributed by atoms with Crippen LogP contribution in [0.4, 0.5) is 11.8 Å². The number of halogens is 1. The second-order valence-corrected chi connectivity index (χ2v) is 5.53. The van der Waals surface area contributed by atoms with Gasteiger partial charge in [0.2, 0.25) is 5.95 Å². The molecule has 100 valence electrons. The summed E-state index contributed by atoms with van der Waals surface area (Å²) in [5.74, 6) is 6.25. The van der Waals surface area contributed by atoms with Crippen molar-refractivity contribution in [1.82, 2.24) is 9.97 Å². The first-order chi connectivity index (χ1) is 8.63. The molecule has 1 aliphatic carbocycles. The van der Waals surface area contributed by atoms with E-state index in [0.717, 1.165) is 30.2 Å². The Balaban J connectivity index is 2.00. The number of aromatic nitrogens is 2. The summed E-state index contributed by atoms with van der Waals surface area (Å²) in [5.41, 5.74) is 1.77. The molecule has 0 atom stereocenters. The summed E-state index contributed by atoms with van der Waals surface area (Å²) in [6.07, 6.45) is 6.67. The smallest absolute Gasteiger partial charge is 0.239 e. The van der Waals surface area contributed by atoms with E-state index in [9.17, 15) is 5.11 Å². The fraction of sp³-hybridized carbons (Fsp3) is 0.636. The van der Waals surface area contributed by atoms with Crippen molar-refractivity contribution in [3.05, 3.63) is 10.7 Å². The highest BCUT2D eigenvalue weighted by molar-refractivity contribution is 9.10. The van der Waals surface area contributed by atoms with E-state index in [1.54, 1.807) is 6.20 Å². The topological polar surface area (TPSA) is 96.1 Å². The molecular weight excluding hydrogens is 298 g/mol. The number of rotatable bonds is 4. The second kappa shape index (κ2) is 5.81. The van der Waals surface area contributed by atoms with Gasteiger partial charge in [-0.25, -0.2) is 10.8 Å². The van der Waals surface area contributed by atoms with Gasteiger partial charge in [-0.1, -0.05) is 19.3 Å². The van der Waals surface area contributed by atoms with Gasteiger partial charge in [0.25, 0.3) is 0 Å². The largest absolute Gasteiger partial charge is 0.388 e. The van der Waals surface area contributed by atoms with Crippen LogP contribution >= 0.6 is 15.9 Å². The summed E-state index contributed by atoms with van der Waals surface area (Å²) >= 11 is 3.36. The lowest BCUT2D eigenvalue weighted by molar-refractivity contribution is 0.0166. The first-order valence-corrected chi connectivity index (χ1v) is 6.88. The van der Waals surface area contributed by atoms with Crippen LogP contribution in [-0.2, 0) is 0 Å². The second-order valence-electron chi connectivity index (χ2n) is 4.67. The Hall–Kier alpha value is -0.920. The molecule has 6 nitrogen and oxygen atoms in total. The van der Waals surface area contributed by atoms with Crippen molar-refractivity contribution in [3.63, 3.8) is 0 Å². The number of hydrazine groups is 1. The first-order valence-electron chi connectivity index (χ1n) is 6.08. The molecule has 2 rings (SSSR count). The van der Waals surface area contributed by atoms with Gasteiger partial charge in [0.05, 0.1) is 10.1 Å². The Morgan fingerprint density at radius 2 is 2.11 bits per heavy atom. The monoisotopic (exact) mass is 315 g/mol. The molecule has 0 unspecified atom stereocenters. The van der Waals surface area contributed by atoms with Crippen LogP contribution < -0.4 is 16.6 Å². The zero-order valence-corrected chi connectivity index (χ0v) is 11.7. The number of nitrogens with one attached hydrogen (secondary N) is 2. The van der Waals surface area contributed by atoms with Crippen molar-refractivity contribution in [2.45, 2.75) is 37.7 Å². The molecule has 0 spiro atoms. The van der Waals surface area contributed by atoms with E-state index in [4.69, 9.17) is 5.84 Å². The van der Waals surface area contributed by atoms with Crippen LogP contribution in [0.3, 0.4) is 0 Å². The van der Waals surface area contributed by atoms with E-state index in [1.807, 2.05) is 0 Å². The highest BCUT2D eigenvalue weighted by Crippen LogP contribution is 2.29. The zero-order valence-electron chi connectivity index (χ0n) is 10.1. The standard InChI is InChI=1S/C11H18BrN5O/c12-8-6-14-10(17-13)16-9(8)15-7-11(18)4-2-1-3-5-11/h6,18H,1-5,7,13H2,(H2,14,15,16,17). The van der Waals surface area contributed by atoms with Crippen LogP contribution in [0.2, 0.25) is 0 Å². The Bertz CT molecular complexity index is 408. The summed E-state index contributed by atoms with van der Waals surface area (Å²) in [4.78, 5) is 8.16. The van der Waals surface area contributed by atoms with Crippen molar-refractivity contribution in [1.29, 1.82) is 0 Å². The van der Waals surface area contributed by atoms with Crippen LogP contribution in [0.25, 0.3) is 0 Å². The lowest BCUT2D eigenvalue weighted by Gasteiger charge is -2.32. The molecule has 18 heavy (non-hydrogen) atoms. The van der Waals surface area contributed by atoms with Crippen LogP contribution in [0.15, 0.2) is 10.7 Å². The third kappa shape index (κ3) is 3.30. The normalized spacial score (nSPS) is 18.4. The Morgan fingerprint density at radius 3 is 2.78 bits per heavy atom. The summed E-state index contributed by atoms with van der Waals surface area (Å²) < 4.78 is 0.751. The zero-order chi connectivity index (χ0) is 13.0. The maximum Gasteiger partial charge on any atom is 0.239 e. The predicted octanol–water partition coefficient (Wildman–Crippen LogP) is 1.63. The van der Waals surface area contributed by atoms with E-state index in [-0.39, 0.29) is 0 Å². The first kappa shape index (κ1) is 13.5. The fourth-order valence-electron chi connectivity index (χ4n) is 2.20. The Kier molecular flexibility index (Phi) is 4.36. The predicted molar refractivity (Wildman–Crippen MR) is 74.1 cm³/mol. The van der Waals surface area contributed by atoms with Gasteiger partial charge in [-0.2, -0.15) is 4.98 Å². The summed E-state index contributed by atoms with van der Waals surface area (Å²) in [5, 5.41) is 13.5. The quantitative estimate of drug-likeness (QED) is 0.498. The number of nitrogen functional groups attached to an aromatic ring is 1. The number of nitrogens with two attached hydrogens (primary N) is 1. The molecule has 1 saturated carbocycles. The third-order valence-corrected chi connectivity index (χ3v) is 3.82. The number of anilines is 2. The maximum absolute atomic E-state index is 10.4. The van der Waals surface area contributed by atoms with E-state index < -0.39 is 5.60 Å². The molecule has 1 fully saturated rings. The lowest BCUT2D eigenvalue weighted by Crippen LogP contribution is -2.39. The van der Waals surface area contributed by atoms with Crippen LogP contribution in [0.5, 0.6) is 0 Å². The fourth-order valence-corrected chi connectivity index (χ4v) is 2.53. The SMILES string of the molecule is NNc1ncc(Br)c(NCC2(O)CCCCC2)n1. The molecule has 0 saturated heterocycles. The number of aliphatic hydroxyl groups is 1. The minimum Gasteiger partial charge on any atom is -0.388 e. The van der Waals surface area contributed by atoms with Crippen molar-refractivity contribution >= 4 is 27.7 Å². The van der Waals surface area contributed by atoms with E-state index in [1.165, 1.54) is 6.42 Å². The summed E-state index contributed by atoms with van der Waals surface area (Å²) in [7, 11) is 0. The van der Waals surface area contributed by atoms with Gasteiger partial charge in [-0.05, 0) is 28.8 Å². The summed E-state index contributed by atoms with van der Waals surface area (Å²) in [6.45, 7) is 0.493. The highest BCUT2D eigenvalue weighted by atomic mass is 79.9. The molecular formula is C11H18BrN5O. The molecule has 0 aromatic carbocycles. The average Bonchev–Trinajstić information content (AvgIpc) is 2.39. The van der Waals surface area contributed by atoms with Gasteiger partial charge < -0.3 is 10.4 Å².